The van der Waals surface area contributed by atoms with Crippen molar-refractivity contribution in [3.05, 3.63) is 35.9 Å². The van der Waals surface area contributed by atoms with Crippen molar-refractivity contribution in [2.45, 2.75) is 38.5 Å². The van der Waals surface area contributed by atoms with Crippen LogP contribution in [-0.2, 0) is 11.2 Å². The maximum absolute atomic E-state index is 12.4. The predicted molar refractivity (Wildman–Crippen MR) is 95.8 cm³/mol. The van der Waals surface area contributed by atoms with Gasteiger partial charge in [-0.3, -0.25) is 4.79 Å². The molecule has 0 bridgehead atoms. The summed E-state index contributed by atoms with van der Waals surface area (Å²) in [6, 6.07) is 10.4. The molecule has 1 atom stereocenters. The number of amides is 1. The Labute approximate surface area is 145 Å². The number of nitrogens with zero attached hydrogens (tertiary/aromatic N) is 2. The summed E-state index contributed by atoms with van der Waals surface area (Å²) < 4.78 is 0. The van der Waals surface area contributed by atoms with E-state index in [4.69, 9.17) is 5.11 Å². The maximum atomic E-state index is 12.4. The summed E-state index contributed by atoms with van der Waals surface area (Å²) in [5.74, 6) is 0.323. The fraction of sp³-hybridized carbons (Fsp3) is 0.650. The van der Waals surface area contributed by atoms with Gasteiger partial charge in [-0.2, -0.15) is 0 Å². The van der Waals surface area contributed by atoms with E-state index in [1.54, 1.807) is 0 Å². The molecule has 1 spiro atoms. The Morgan fingerprint density at radius 3 is 2.71 bits per heavy atom. The quantitative estimate of drug-likeness (QED) is 0.870. The first-order chi connectivity index (χ1) is 11.7. The van der Waals surface area contributed by atoms with Gasteiger partial charge in [0.2, 0.25) is 5.91 Å². The molecular weight excluding hydrogens is 300 g/mol. The molecule has 3 rings (SSSR count). The first-order valence-electron chi connectivity index (χ1n) is 9.36. The molecule has 4 nitrogen and oxygen atoms in total. The van der Waals surface area contributed by atoms with Crippen molar-refractivity contribution in [1.82, 2.24) is 9.80 Å². The lowest BCUT2D eigenvalue weighted by Crippen LogP contribution is -2.54. The lowest BCUT2D eigenvalue weighted by Gasteiger charge is -2.48. The Balaban J connectivity index is 1.58. The molecular formula is C20H30N2O2. The molecule has 1 aromatic rings. The summed E-state index contributed by atoms with van der Waals surface area (Å²) in [6.45, 7) is 5.22. The Kier molecular flexibility index (Phi) is 5.90. The van der Waals surface area contributed by atoms with E-state index in [-0.39, 0.29) is 12.0 Å². The van der Waals surface area contributed by atoms with Crippen molar-refractivity contribution >= 4 is 5.91 Å². The molecule has 1 amide bonds. The van der Waals surface area contributed by atoms with Crippen LogP contribution >= 0.6 is 0 Å². The normalized spacial score (nSPS) is 25.4. The van der Waals surface area contributed by atoms with Crippen LogP contribution < -0.4 is 0 Å². The highest BCUT2D eigenvalue weighted by Gasteiger charge is 2.41. The van der Waals surface area contributed by atoms with Crippen LogP contribution in [0.1, 0.15) is 37.7 Å². The average Bonchev–Trinajstić information content (AvgIpc) is 2.62. The van der Waals surface area contributed by atoms with Crippen LogP contribution in [0.3, 0.4) is 0 Å². The molecule has 2 fully saturated rings. The minimum Gasteiger partial charge on any atom is -0.396 e. The molecule has 4 heteroatoms. The first-order valence-corrected chi connectivity index (χ1v) is 9.36. The van der Waals surface area contributed by atoms with Gasteiger partial charge in [0.05, 0.1) is 0 Å². The Morgan fingerprint density at radius 2 is 1.92 bits per heavy atom. The van der Waals surface area contributed by atoms with Crippen LogP contribution in [-0.4, -0.2) is 60.1 Å². The second kappa shape index (κ2) is 8.13. The predicted octanol–water partition coefficient (Wildman–Crippen LogP) is 2.32. The number of carbonyl (C=O) groups is 1. The summed E-state index contributed by atoms with van der Waals surface area (Å²) >= 11 is 0. The van der Waals surface area contributed by atoms with Crippen LogP contribution in [0, 0.1) is 5.41 Å². The Hall–Kier alpha value is -1.39. The summed E-state index contributed by atoms with van der Waals surface area (Å²) in [6.07, 6.45) is 5.97. The SMILES string of the molecule is O=C1CCC2(CCCN(CCCO)C2)CN1CCc1ccccc1. The molecule has 0 aromatic heterocycles. The molecule has 0 aliphatic carbocycles. The molecule has 1 N–H and O–H groups in total. The molecule has 2 aliphatic rings. The highest BCUT2D eigenvalue weighted by Crippen LogP contribution is 2.38. The van der Waals surface area contributed by atoms with E-state index < -0.39 is 0 Å². The van der Waals surface area contributed by atoms with E-state index in [2.05, 4.69) is 34.1 Å². The second-order valence-corrected chi connectivity index (χ2v) is 7.51. The smallest absolute Gasteiger partial charge is 0.222 e. The van der Waals surface area contributed by atoms with Gasteiger partial charge in [0.1, 0.15) is 0 Å². The van der Waals surface area contributed by atoms with Gasteiger partial charge in [-0.15, -0.1) is 0 Å². The molecule has 24 heavy (non-hydrogen) atoms. The number of rotatable bonds is 6. The summed E-state index contributed by atoms with van der Waals surface area (Å²) in [7, 11) is 0. The van der Waals surface area contributed by atoms with Crippen LogP contribution in [0.4, 0.5) is 0 Å². The van der Waals surface area contributed by atoms with E-state index in [1.807, 2.05) is 6.07 Å². The van der Waals surface area contributed by atoms with Gasteiger partial charge in [0, 0.05) is 44.6 Å². The third kappa shape index (κ3) is 4.37. The zero-order chi connectivity index (χ0) is 16.8. The molecule has 2 aliphatic heterocycles. The Morgan fingerprint density at radius 1 is 1.08 bits per heavy atom. The van der Waals surface area contributed by atoms with Crippen molar-refractivity contribution in [2.75, 3.05) is 39.3 Å². The number of carbonyl (C=O) groups excluding carboxylic acids is 1. The molecule has 0 saturated carbocycles. The fourth-order valence-corrected chi connectivity index (χ4v) is 4.34. The molecule has 1 unspecified atom stereocenters. The van der Waals surface area contributed by atoms with Crippen molar-refractivity contribution in [3.63, 3.8) is 0 Å². The van der Waals surface area contributed by atoms with Crippen LogP contribution in [0.2, 0.25) is 0 Å². The van der Waals surface area contributed by atoms with E-state index >= 15 is 0 Å². The van der Waals surface area contributed by atoms with Gasteiger partial charge >= 0.3 is 0 Å². The van der Waals surface area contributed by atoms with Crippen LogP contribution in [0.5, 0.6) is 0 Å². The molecule has 0 radical (unpaired) electrons. The third-order valence-electron chi connectivity index (χ3n) is 5.63. The van der Waals surface area contributed by atoms with Gasteiger partial charge in [-0.05, 0) is 44.2 Å². The topological polar surface area (TPSA) is 43.8 Å². The standard InChI is InChI=1S/C20H30N2O2/c23-15-5-13-21-12-4-10-20(16-21)11-8-19(24)22(17-20)14-9-18-6-2-1-3-7-18/h1-3,6-7,23H,4-5,8-17H2. The van der Waals surface area contributed by atoms with Gasteiger partial charge in [-0.1, -0.05) is 30.3 Å². The maximum Gasteiger partial charge on any atom is 0.222 e. The van der Waals surface area contributed by atoms with E-state index in [9.17, 15) is 4.79 Å². The van der Waals surface area contributed by atoms with Crippen molar-refractivity contribution in [1.29, 1.82) is 0 Å². The van der Waals surface area contributed by atoms with Crippen molar-refractivity contribution < 1.29 is 9.90 Å². The molecule has 132 valence electrons. The zero-order valence-electron chi connectivity index (χ0n) is 14.6. The van der Waals surface area contributed by atoms with Crippen molar-refractivity contribution in [2.24, 2.45) is 5.41 Å². The first kappa shape index (κ1) is 17.4. The molecule has 1 aromatic carbocycles. The van der Waals surface area contributed by atoms with Gasteiger partial charge in [0.15, 0.2) is 0 Å². The molecule has 2 saturated heterocycles. The lowest BCUT2D eigenvalue weighted by molar-refractivity contribution is -0.139. The van der Waals surface area contributed by atoms with Crippen molar-refractivity contribution in [3.8, 4) is 0 Å². The van der Waals surface area contributed by atoms with Gasteiger partial charge < -0.3 is 14.9 Å². The number of hydrogen-bond acceptors (Lipinski definition) is 3. The average molecular weight is 330 g/mol. The summed E-state index contributed by atoms with van der Waals surface area (Å²) in [5.41, 5.74) is 1.58. The number of piperidine rings is 2. The lowest BCUT2D eigenvalue weighted by atomic mass is 9.73. The minimum absolute atomic E-state index is 0.269. The monoisotopic (exact) mass is 330 g/mol. The Bertz CT molecular complexity index is 534. The fourth-order valence-electron chi connectivity index (χ4n) is 4.34. The minimum atomic E-state index is 0.269. The van der Waals surface area contributed by atoms with E-state index in [0.717, 1.165) is 52.0 Å². The van der Waals surface area contributed by atoms with E-state index in [0.29, 0.717) is 12.3 Å². The largest absolute Gasteiger partial charge is 0.396 e. The van der Waals surface area contributed by atoms with E-state index in [1.165, 1.54) is 18.4 Å². The van der Waals surface area contributed by atoms with Gasteiger partial charge in [-0.25, -0.2) is 0 Å². The number of likely N-dealkylation sites (tertiary alicyclic amines) is 2. The summed E-state index contributed by atoms with van der Waals surface area (Å²) in [5, 5.41) is 9.07. The summed E-state index contributed by atoms with van der Waals surface area (Å²) in [4.78, 5) is 17.0. The molecule has 2 heterocycles. The highest BCUT2D eigenvalue weighted by atomic mass is 16.3. The van der Waals surface area contributed by atoms with Gasteiger partial charge in [0.25, 0.3) is 0 Å². The second-order valence-electron chi connectivity index (χ2n) is 7.51. The van der Waals surface area contributed by atoms with Crippen LogP contribution in [0.15, 0.2) is 30.3 Å². The third-order valence-corrected chi connectivity index (χ3v) is 5.63. The number of aliphatic hydroxyl groups is 1. The van der Waals surface area contributed by atoms with Crippen LogP contribution in [0.25, 0.3) is 0 Å². The zero-order valence-corrected chi connectivity index (χ0v) is 14.6. The number of benzene rings is 1. The number of hydrogen-bond donors (Lipinski definition) is 1. The highest BCUT2D eigenvalue weighted by molar-refractivity contribution is 5.77. The number of aliphatic hydroxyl groups excluding tert-OH is 1.